The molecule has 32 heavy (non-hydrogen) atoms. The number of pyridine rings is 1. The van der Waals surface area contributed by atoms with Crippen LogP contribution in [0, 0.1) is 0 Å². The van der Waals surface area contributed by atoms with Crippen molar-refractivity contribution in [3.05, 3.63) is 84.1 Å². The first kappa shape index (κ1) is 21.8. The number of carbonyl (C=O) groups excluding carboxylic acids is 1. The van der Waals surface area contributed by atoms with Gasteiger partial charge >= 0.3 is 0 Å². The van der Waals surface area contributed by atoms with E-state index in [4.69, 9.17) is 9.47 Å². The number of hydrogen-bond acceptors (Lipinski definition) is 5. The molecule has 1 saturated heterocycles. The van der Waals surface area contributed by atoms with Crippen molar-refractivity contribution in [2.24, 2.45) is 0 Å². The Bertz CT molecular complexity index is 983. The van der Waals surface area contributed by atoms with Gasteiger partial charge in [-0.05, 0) is 62.2 Å². The van der Waals surface area contributed by atoms with Crippen molar-refractivity contribution in [3.8, 4) is 17.4 Å². The van der Waals surface area contributed by atoms with Crippen LogP contribution in [0.25, 0.3) is 0 Å². The van der Waals surface area contributed by atoms with Gasteiger partial charge in [0.1, 0.15) is 17.6 Å². The molecule has 1 amide bonds. The second kappa shape index (κ2) is 10.8. The quantitative estimate of drug-likeness (QED) is 0.576. The molecule has 0 saturated carbocycles. The molecular formula is C26H29N3O3. The van der Waals surface area contributed by atoms with Gasteiger partial charge in [0.2, 0.25) is 5.88 Å². The number of amides is 1. The standard InChI is InChI=1S/C26H29N3O3/c1-29-17-14-24(15-18-29)32-25-12-9-21(19-28-25)26(30)27-16-13-20-7-10-23(11-8-20)31-22-5-3-2-4-6-22/h2-12,19,24H,13-18H2,1H3,(H,27,30). The summed E-state index contributed by atoms with van der Waals surface area (Å²) < 4.78 is 11.8. The highest BCUT2D eigenvalue weighted by Crippen LogP contribution is 2.21. The first-order chi connectivity index (χ1) is 15.7. The van der Waals surface area contributed by atoms with Crippen molar-refractivity contribution in [3.63, 3.8) is 0 Å². The first-order valence-electron chi connectivity index (χ1n) is 11.1. The van der Waals surface area contributed by atoms with Crippen LogP contribution in [0.1, 0.15) is 28.8 Å². The molecule has 166 valence electrons. The first-order valence-corrected chi connectivity index (χ1v) is 11.1. The van der Waals surface area contributed by atoms with Crippen LogP contribution in [-0.4, -0.2) is 48.6 Å². The third kappa shape index (κ3) is 6.31. The van der Waals surface area contributed by atoms with Gasteiger partial charge in [-0.2, -0.15) is 0 Å². The second-order valence-corrected chi connectivity index (χ2v) is 8.07. The van der Waals surface area contributed by atoms with Gasteiger partial charge in [-0.1, -0.05) is 30.3 Å². The predicted molar refractivity (Wildman–Crippen MR) is 124 cm³/mol. The molecular weight excluding hydrogens is 402 g/mol. The maximum Gasteiger partial charge on any atom is 0.252 e. The minimum atomic E-state index is -0.132. The van der Waals surface area contributed by atoms with E-state index < -0.39 is 0 Å². The number of hydrogen-bond donors (Lipinski definition) is 1. The third-order valence-electron chi connectivity index (χ3n) is 5.55. The number of para-hydroxylation sites is 1. The van der Waals surface area contributed by atoms with E-state index in [9.17, 15) is 4.79 Å². The zero-order chi connectivity index (χ0) is 22.2. The number of nitrogens with one attached hydrogen (secondary N) is 1. The monoisotopic (exact) mass is 431 g/mol. The maximum atomic E-state index is 12.4. The second-order valence-electron chi connectivity index (χ2n) is 8.07. The molecule has 0 spiro atoms. The molecule has 1 aliphatic heterocycles. The summed E-state index contributed by atoms with van der Waals surface area (Å²) in [6.45, 7) is 2.62. The van der Waals surface area contributed by atoms with Gasteiger partial charge in [0, 0.05) is 31.9 Å². The fraction of sp³-hybridized carbons (Fsp3) is 0.308. The van der Waals surface area contributed by atoms with Gasteiger partial charge in [-0.25, -0.2) is 4.98 Å². The summed E-state index contributed by atoms with van der Waals surface area (Å²) in [5.74, 6) is 2.04. The molecule has 0 atom stereocenters. The summed E-state index contributed by atoms with van der Waals surface area (Å²) >= 11 is 0. The molecule has 1 aliphatic rings. The number of rotatable bonds is 8. The summed E-state index contributed by atoms with van der Waals surface area (Å²) in [7, 11) is 2.12. The number of aromatic nitrogens is 1. The van der Waals surface area contributed by atoms with Crippen molar-refractivity contribution >= 4 is 5.91 Å². The molecule has 0 bridgehead atoms. The molecule has 1 fully saturated rings. The lowest BCUT2D eigenvalue weighted by atomic mass is 10.1. The van der Waals surface area contributed by atoms with Gasteiger partial charge in [-0.15, -0.1) is 0 Å². The summed E-state index contributed by atoms with van der Waals surface area (Å²) in [6.07, 6.45) is 4.51. The van der Waals surface area contributed by atoms with Crippen molar-refractivity contribution in [1.82, 2.24) is 15.2 Å². The Hall–Kier alpha value is -3.38. The predicted octanol–water partition coefficient (Wildman–Crippen LogP) is 4.32. The number of nitrogens with zero attached hydrogens (tertiary/aromatic N) is 2. The maximum absolute atomic E-state index is 12.4. The smallest absolute Gasteiger partial charge is 0.252 e. The molecule has 0 aliphatic carbocycles. The van der Waals surface area contributed by atoms with Crippen LogP contribution >= 0.6 is 0 Å². The van der Waals surface area contributed by atoms with Crippen LogP contribution in [0.5, 0.6) is 17.4 Å². The Morgan fingerprint density at radius 3 is 2.41 bits per heavy atom. The lowest BCUT2D eigenvalue weighted by Gasteiger charge is -2.28. The van der Waals surface area contributed by atoms with E-state index >= 15 is 0 Å². The highest BCUT2D eigenvalue weighted by atomic mass is 16.5. The molecule has 1 aromatic heterocycles. The van der Waals surface area contributed by atoms with E-state index in [1.807, 2.05) is 54.6 Å². The third-order valence-corrected chi connectivity index (χ3v) is 5.55. The Morgan fingerprint density at radius 2 is 1.72 bits per heavy atom. The number of piperidine rings is 1. The van der Waals surface area contributed by atoms with Crippen LogP contribution in [0.4, 0.5) is 0 Å². The van der Waals surface area contributed by atoms with E-state index in [0.29, 0.717) is 18.0 Å². The number of benzene rings is 2. The largest absolute Gasteiger partial charge is 0.474 e. The molecule has 0 radical (unpaired) electrons. The average molecular weight is 432 g/mol. The van der Waals surface area contributed by atoms with E-state index in [1.165, 1.54) is 0 Å². The minimum Gasteiger partial charge on any atom is -0.474 e. The van der Waals surface area contributed by atoms with Crippen LogP contribution < -0.4 is 14.8 Å². The van der Waals surface area contributed by atoms with Gasteiger partial charge in [0.05, 0.1) is 5.56 Å². The van der Waals surface area contributed by atoms with Crippen LogP contribution in [0.2, 0.25) is 0 Å². The molecule has 6 nitrogen and oxygen atoms in total. The fourth-order valence-electron chi connectivity index (χ4n) is 3.63. The van der Waals surface area contributed by atoms with Crippen LogP contribution in [0.3, 0.4) is 0 Å². The zero-order valence-corrected chi connectivity index (χ0v) is 18.4. The molecule has 6 heteroatoms. The van der Waals surface area contributed by atoms with Crippen LogP contribution in [0.15, 0.2) is 72.9 Å². The fourth-order valence-corrected chi connectivity index (χ4v) is 3.63. The number of carbonyl (C=O) groups is 1. The summed E-state index contributed by atoms with van der Waals surface area (Å²) in [5, 5.41) is 2.95. The van der Waals surface area contributed by atoms with Gasteiger partial charge < -0.3 is 19.7 Å². The van der Waals surface area contributed by atoms with Crippen LogP contribution in [-0.2, 0) is 6.42 Å². The lowest BCUT2D eigenvalue weighted by molar-refractivity contribution is 0.0953. The molecule has 3 aromatic rings. The zero-order valence-electron chi connectivity index (χ0n) is 18.4. The number of likely N-dealkylation sites (tertiary alicyclic amines) is 1. The summed E-state index contributed by atoms with van der Waals surface area (Å²) in [5.41, 5.74) is 1.66. The minimum absolute atomic E-state index is 0.132. The molecule has 2 heterocycles. The van der Waals surface area contributed by atoms with E-state index in [0.717, 1.165) is 49.4 Å². The molecule has 4 rings (SSSR count). The summed E-state index contributed by atoms with van der Waals surface area (Å²) in [6, 6.07) is 21.1. The van der Waals surface area contributed by atoms with Gasteiger partial charge in [-0.3, -0.25) is 4.79 Å². The average Bonchev–Trinajstić information content (AvgIpc) is 2.83. The van der Waals surface area contributed by atoms with Gasteiger partial charge in [0.15, 0.2) is 0 Å². The van der Waals surface area contributed by atoms with E-state index in [-0.39, 0.29) is 12.0 Å². The highest BCUT2D eigenvalue weighted by Gasteiger charge is 2.18. The van der Waals surface area contributed by atoms with Gasteiger partial charge in [0.25, 0.3) is 5.91 Å². The SMILES string of the molecule is CN1CCC(Oc2ccc(C(=O)NCCc3ccc(Oc4ccccc4)cc3)cn2)CC1. The molecule has 0 unspecified atom stereocenters. The molecule has 2 aromatic carbocycles. The lowest BCUT2D eigenvalue weighted by Crippen LogP contribution is -2.35. The van der Waals surface area contributed by atoms with Crippen molar-refractivity contribution in [1.29, 1.82) is 0 Å². The highest BCUT2D eigenvalue weighted by molar-refractivity contribution is 5.93. The van der Waals surface area contributed by atoms with Crippen molar-refractivity contribution in [2.75, 3.05) is 26.7 Å². The van der Waals surface area contributed by atoms with E-state index in [2.05, 4.69) is 22.2 Å². The Balaban J connectivity index is 1.20. The normalized spacial score (nSPS) is 14.7. The topological polar surface area (TPSA) is 63.7 Å². The van der Waals surface area contributed by atoms with Crippen molar-refractivity contribution < 1.29 is 14.3 Å². The Kier molecular flexibility index (Phi) is 7.35. The Morgan fingerprint density at radius 1 is 1.00 bits per heavy atom. The summed E-state index contributed by atoms with van der Waals surface area (Å²) in [4.78, 5) is 19.0. The van der Waals surface area contributed by atoms with E-state index in [1.54, 1.807) is 18.3 Å². The molecule has 1 N–H and O–H groups in total. The Labute approximate surface area is 189 Å². The number of ether oxygens (including phenoxy) is 2. The van der Waals surface area contributed by atoms with Crippen molar-refractivity contribution in [2.45, 2.75) is 25.4 Å².